The Balaban J connectivity index is 1.80. The molecule has 22 heavy (non-hydrogen) atoms. The van der Waals surface area contributed by atoms with Crippen LogP contribution in [0.25, 0.3) is 0 Å². The predicted octanol–water partition coefficient (Wildman–Crippen LogP) is 0.640. The Labute approximate surface area is 128 Å². The molecule has 3 amide bonds. The summed E-state index contributed by atoms with van der Waals surface area (Å²) in [5, 5.41) is 6.26. The van der Waals surface area contributed by atoms with E-state index < -0.39 is 0 Å². The fourth-order valence-electron chi connectivity index (χ4n) is 2.94. The van der Waals surface area contributed by atoms with E-state index in [9.17, 15) is 14.4 Å². The zero-order valence-electron chi connectivity index (χ0n) is 12.7. The van der Waals surface area contributed by atoms with Crippen molar-refractivity contribution < 1.29 is 14.4 Å². The van der Waals surface area contributed by atoms with Gasteiger partial charge >= 0.3 is 0 Å². The standard InChI is InChI=1S/C16H19N3O3/c1-9-5-6-17-8-13(9)18-14(20)10-3-4-11-12(7-10)16(22)19(2)15(11)21/h3-4,7,9,13,17H,5-6,8H2,1-2H3,(H,18,20). The zero-order chi connectivity index (χ0) is 15.9. The highest BCUT2D eigenvalue weighted by atomic mass is 16.2. The molecule has 6 heteroatoms. The number of piperidine rings is 1. The molecule has 0 aromatic heterocycles. The van der Waals surface area contributed by atoms with Crippen LogP contribution in [0.5, 0.6) is 0 Å². The second-order valence-electron chi connectivity index (χ2n) is 5.98. The number of nitrogens with one attached hydrogen (secondary N) is 2. The summed E-state index contributed by atoms with van der Waals surface area (Å²) in [5.41, 5.74) is 1.07. The van der Waals surface area contributed by atoms with Crippen LogP contribution in [0.15, 0.2) is 18.2 Å². The lowest BCUT2D eigenvalue weighted by Gasteiger charge is -2.30. The average Bonchev–Trinajstić information content (AvgIpc) is 2.74. The van der Waals surface area contributed by atoms with E-state index in [1.807, 2.05) is 0 Å². The van der Waals surface area contributed by atoms with Gasteiger partial charge in [0.1, 0.15) is 0 Å². The first kappa shape index (κ1) is 14.7. The number of carbonyl (C=O) groups is 3. The average molecular weight is 301 g/mol. The minimum absolute atomic E-state index is 0.0783. The third kappa shape index (κ3) is 2.39. The highest BCUT2D eigenvalue weighted by Crippen LogP contribution is 2.23. The summed E-state index contributed by atoms with van der Waals surface area (Å²) >= 11 is 0. The van der Waals surface area contributed by atoms with E-state index in [4.69, 9.17) is 0 Å². The first-order valence-electron chi connectivity index (χ1n) is 7.47. The second-order valence-corrected chi connectivity index (χ2v) is 5.98. The maximum atomic E-state index is 12.4. The second kappa shape index (κ2) is 5.53. The largest absolute Gasteiger partial charge is 0.348 e. The van der Waals surface area contributed by atoms with Crippen molar-refractivity contribution in [3.8, 4) is 0 Å². The number of carbonyl (C=O) groups excluding carboxylic acids is 3. The fraction of sp³-hybridized carbons (Fsp3) is 0.438. The van der Waals surface area contributed by atoms with Gasteiger partial charge in [-0.2, -0.15) is 0 Å². The van der Waals surface area contributed by atoms with E-state index in [0.717, 1.165) is 24.4 Å². The van der Waals surface area contributed by atoms with Gasteiger partial charge in [0, 0.05) is 25.2 Å². The van der Waals surface area contributed by atoms with Gasteiger partial charge in [-0.15, -0.1) is 0 Å². The van der Waals surface area contributed by atoms with E-state index in [2.05, 4.69) is 17.6 Å². The molecule has 1 saturated heterocycles. The lowest BCUT2D eigenvalue weighted by molar-refractivity contribution is 0.0693. The summed E-state index contributed by atoms with van der Waals surface area (Å²) in [5.74, 6) is -0.480. The highest BCUT2D eigenvalue weighted by molar-refractivity contribution is 6.21. The summed E-state index contributed by atoms with van der Waals surface area (Å²) in [6, 6.07) is 4.74. The fourth-order valence-corrected chi connectivity index (χ4v) is 2.94. The molecule has 6 nitrogen and oxygen atoms in total. The van der Waals surface area contributed by atoms with E-state index in [0.29, 0.717) is 22.6 Å². The maximum Gasteiger partial charge on any atom is 0.261 e. The Morgan fingerprint density at radius 2 is 2.00 bits per heavy atom. The van der Waals surface area contributed by atoms with E-state index in [1.54, 1.807) is 12.1 Å². The molecule has 0 spiro atoms. The number of rotatable bonds is 2. The normalized spacial score (nSPS) is 24.4. The molecule has 1 aromatic carbocycles. The van der Waals surface area contributed by atoms with Gasteiger partial charge in [-0.25, -0.2) is 0 Å². The van der Waals surface area contributed by atoms with Gasteiger partial charge in [-0.1, -0.05) is 6.92 Å². The Hall–Kier alpha value is -2.21. The number of nitrogens with zero attached hydrogens (tertiary/aromatic N) is 1. The topological polar surface area (TPSA) is 78.5 Å². The molecule has 3 rings (SSSR count). The van der Waals surface area contributed by atoms with E-state index in [1.165, 1.54) is 13.1 Å². The molecule has 0 saturated carbocycles. The summed E-state index contributed by atoms with van der Waals surface area (Å²) < 4.78 is 0. The molecule has 2 atom stereocenters. The van der Waals surface area contributed by atoms with Crippen molar-refractivity contribution in [2.24, 2.45) is 5.92 Å². The monoisotopic (exact) mass is 301 g/mol. The third-order valence-electron chi connectivity index (χ3n) is 4.50. The van der Waals surface area contributed by atoms with Gasteiger partial charge in [0.25, 0.3) is 17.7 Å². The molecule has 2 N–H and O–H groups in total. The van der Waals surface area contributed by atoms with Crippen LogP contribution < -0.4 is 10.6 Å². The number of amides is 3. The van der Waals surface area contributed by atoms with Gasteiger partial charge in [0.2, 0.25) is 0 Å². The number of benzene rings is 1. The lowest BCUT2D eigenvalue weighted by Crippen LogP contribution is -2.50. The van der Waals surface area contributed by atoms with Crippen molar-refractivity contribution in [2.45, 2.75) is 19.4 Å². The lowest BCUT2D eigenvalue weighted by atomic mass is 9.94. The molecular formula is C16H19N3O3. The maximum absolute atomic E-state index is 12.4. The van der Waals surface area contributed by atoms with E-state index >= 15 is 0 Å². The first-order valence-corrected chi connectivity index (χ1v) is 7.47. The van der Waals surface area contributed by atoms with Crippen molar-refractivity contribution in [1.29, 1.82) is 0 Å². The van der Waals surface area contributed by atoms with Crippen LogP contribution in [-0.2, 0) is 0 Å². The molecule has 0 bridgehead atoms. The minimum atomic E-state index is -0.359. The molecule has 2 aliphatic heterocycles. The minimum Gasteiger partial charge on any atom is -0.348 e. The molecule has 116 valence electrons. The van der Waals surface area contributed by atoms with E-state index in [-0.39, 0.29) is 23.8 Å². The zero-order valence-corrected chi connectivity index (χ0v) is 12.7. The smallest absolute Gasteiger partial charge is 0.261 e. The summed E-state index contributed by atoms with van der Waals surface area (Å²) in [4.78, 5) is 37.3. The molecule has 1 aromatic rings. The Morgan fingerprint density at radius 1 is 1.27 bits per heavy atom. The first-order chi connectivity index (χ1) is 10.5. The summed E-state index contributed by atoms with van der Waals surface area (Å²) in [6.07, 6.45) is 1.02. The molecule has 2 aliphatic rings. The van der Waals surface area contributed by atoms with Crippen LogP contribution >= 0.6 is 0 Å². The summed E-state index contributed by atoms with van der Waals surface area (Å²) in [7, 11) is 1.44. The molecular weight excluding hydrogens is 282 g/mol. The van der Waals surface area contributed by atoms with Crippen LogP contribution in [0, 0.1) is 5.92 Å². The third-order valence-corrected chi connectivity index (χ3v) is 4.50. The van der Waals surface area contributed by atoms with Crippen LogP contribution in [-0.4, -0.2) is 48.8 Å². The molecule has 0 radical (unpaired) electrons. The highest BCUT2D eigenvalue weighted by Gasteiger charge is 2.33. The Kier molecular flexibility index (Phi) is 3.70. The summed E-state index contributed by atoms with van der Waals surface area (Å²) in [6.45, 7) is 3.83. The van der Waals surface area contributed by atoms with Crippen molar-refractivity contribution in [1.82, 2.24) is 15.5 Å². The van der Waals surface area contributed by atoms with Crippen LogP contribution in [0.2, 0.25) is 0 Å². The molecule has 2 heterocycles. The van der Waals surface area contributed by atoms with Crippen LogP contribution in [0.1, 0.15) is 44.4 Å². The van der Waals surface area contributed by atoms with Crippen molar-refractivity contribution >= 4 is 17.7 Å². The van der Waals surface area contributed by atoms with Gasteiger partial charge < -0.3 is 10.6 Å². The van der Waals surface area contributed by atoms with Crippen molar-refractivity contribution in [3.63, 3.8) is 0 Å². The van der Waals surface area contributed by atoms with Gasteiger partial charge in [0.15, 0.2) is 0 Å². The van der Waals surface area contributed by atoms with Crippen molar-refractivity contribution in [3.05, 3.63) is 34.9 Å². The Bertz CT molecular complexity index is 656. The van der Waals surface area contributed by atoms with Gasteiger partial charge in [-0.3, -0.25) is 19.3 Å². The van der Waals surface area contributed by atoms with Crippen LogP contribution in [0.4, 0.5) is 0 Å². The number of hydrogen-bond acceptors (Lipinski definition) is 4. The Morgan fingerprint density at radius 3 is 2.73 bits per heavy atom. The predicted molar refractivity (Wildman–Crippen MR) is 80.8 cm³/mol. The molecule has 2 unspecified atom stereocenters. The van der Waals surface area contributed by atoms with Gasteiger partial charge in [-0.05, 0) is 37.1 Å². The molecule has 1 fully saturated rings. The SMILES string of the molecule is CC1CCNCC1NC(=O)c1ccc2c(c1)C(=O)N(C)C2=O. The molecule has 0 aliphatic carbocycles. The number of fused-ring (bicyclic) bond motifs is 1. The van der Waals surface area contributed by atoms with Gasteiger partial charge in [0.05, 0.1) is 11.1 Å². The number of imide groups is 1. The van der Waals surface area contributed by atoms with Crippen LogP contribution in [0.3, 0.4) is 0 Å². The quantitative estimate of drug-likeness (QED) is 0.786. The van der Waals surface area contributed by atoms with Crippen molar-refractivity contribution in [2.75, 3.05) is 20.1 Å². The number of hydrogen-bond donors (Lipinski definition) is 2.